The Kier molecular flexibility index (Phi) is 5.44. The van der Waals surface area contributed by atoms with Crippen LogP contribution in [-0.4, -0.2) is 23.2 Å². The number of rotatable bonds is 7. The van der Waals surface area contributed by atoms with E-state index in [1.165, 1.54) is 12.1 Å². The van der Waals surface area contributed by atoms with Crippen LogP contribution in [0.15, 0.2) is 29.6 Å². The fourth-order valence-corrected chi connectivity index (χ4v) is 2.52. The number of hydrogen-bond donors (Lipinski definition) is 2. The molecule has 2 aromatic rings. The largest absolute Gasteiger partial charge is 0.396 e. The van der Waals surface area contributed by atoms with Crippen molar-refractivity contribution in [3.8, 4) is 10.6 Å². The van der Waals surface area contributed by atoms with Gasteiger partial charge in [-0.25, -0.2) is 9.37 Å². The molecule has 5 heteroatoms. The van der Waals surface area contributed by atoms with E-state index in [2.05, 4.69) is 10.3 Å². The molecule has 0 atom stereocenters. The molecule has 2 N–H and O–H groups in total. The molecule has 0 aliphatic heterocycles. The van der Waals surface area contributed by atoms with E-state index < -0.39 is 0 Å². The summed E-state index contributed by atoms with van der Waals surface area (Å²) >= 11 is 1.56. The fraction of sp³-hybridized carbons (Fsp3) is 0.357. The van der Waals surface area contributed by atoms with Gasteiger partial charge in [0, 0.05) is 24.1 Å². The monoisotopic (exact) mass is 280 g/mol. The number of aliphatic hydroxyl groups excluding tert-OH is 1. The molecule has 0 aliphatic carbocycles. The molecule has 1 heterocycles. The van der Waals surface area contributed by atoms with Crippen LogP contribution in [-0.2, 0) is 6.54 Å². The van der Waals surface area contributed by atoms with Crippen LogP contribution in [0.2, 0.25) is 0 Å². The first-order valence-corrected chi connectivity index (χ1v) is 7.19. The molecule has 0 unspecified atom stereocenters. The molecule has 1 aromatic carbocycles. The summed E-state index contributed by atoms with van der Waals surface area (Å²) in [4.78, 5) is 4.51. The van der Waals surface area contributed by atoms with Crippen LogP contribution in [0.5, 0.6) is 0 Å². The highest BCUT2D eigenvalue weighted by Gasteiger charge is 2.04. The molecule has 1 aromatic heterocycles. The molecular weight excluding hydrogens is 263 g/mol. The zero-order valence-corrected chi connectivity index (χ0v) is 11.4. The van der Waals surface area contributed by atoms with Crippen LogP contribution in [0.1, 0.15) is 18.5 Å². The van der Waals surface area contributed by atoms with E-state index in [4.69, 9.17) is 5.11 Å². The smallest absolute Gasteiger partial charge is 0.123 e. The number of aliphatic hydroxyl groups is 1. The van der Waals surface area contributed by atoms with Crippen molar-refractivity contribution in [3.05, 3.63) is 41.2 Å². The number of benzene rings is 1. The Bertz CT molecular complexity index is 498. The number of unbranched alkanes of at least 4 members (excludes halogenated alkanes) is 1. The van der Waals surface area contributed by atoms with Crippen LogP contribution in [0.25, 0.3) is 10.6 Å². The van der Waals surface area contributed by atoms with Gasteiger partial charge in [0.2, 0.25) is 0 Å². The van der Waals surface area contributed by atoms with Crippen LogP contribution in [0, 0.1) is 5.82 Å². The first kappa shape index (κ1) is 14.1. The predicted octanol–water partition coefficient (Wildman–Crippen LogP) is 2.81. The molecule has 2 rings (SSSR count). The summed E-state index contributed by atoms with van der Waals surface area (Å²) in [7, 11) is 0. The van der Waals surface area contributed by atoms with Crippen molar-refractivity contribution in [1.82, 2.24) is 10.3 Å². The summed E-state index contributed by atoms with van der Waals surface area (Å²) in [6, 6.07) is 6.38. The standard InChI is InChI=1S/C14H17FN2OS/c15-12-5-3-11(4-6-12)14-17-13(10-19-14)9-16-7-1-2-8-18/h3-6,10,16,18H,1-2,7-9H2. The van der Waals surface area contributed by atoms with Gasteiger partial charge in [-0.15, -0.1) is 11.3 Å². The Morgan fingerprint density at radius 2 is 2.00 bits per heavy atom. The zero-order valence-electron chi connectivity index (χ0n) is 10.6. The van der Waals surface area contributed by atoms with Gasteiger partial charge in [0.05, 0.1) is 5.69 Å². The third-order valence-electron chi connectivity index (χ3n) is 2.71. The number of aromatic nitrogens is 1. The quantitative estimate of drug-likeness (QED) is 0.767. The SMILES string of the molecule is OCCCCNCc1csc(-c2ccc(F)cc2)n1. The van der Waals surface area contributed by atoms with Gasteiger partial charge < -0.3 is 10.4 Å². The van der Waals surface area contributed by atoms with Gasteiger partial charge >= 0.3 is 0 Å². The number of nitrogens with zero attached hydrogens (tertiary/aromatic N) is 1. The van der Waals surface area contributed by atoms with E-state index in [1.807, 2.05) is 5.38 Å². The van der Waals surface area contributed by atoms with Gasteiger partial charge in [0.15, 0.2) is 0 Å². The van der Waals surface area contributed by atoms with Crippen molar-refractivity contribution in [2.45, 2.75) is 19.4 Å². The van der Waals surface area contributed by atoms with E-state index in [-0.39, 0.29) is 12.4 Å². The molecule has 0 saturated heterocycles. The molecule has 0 fully saturated rings. The minimum atomic E-state index is -0.230. The topological polar surface area (TPSA) is 45.1 Å². The average molecular weight is 280 g/mol. The number of thiazole rings is 1. The van der Waals surface area contributed by atoms with Gasteiger partial charge in [0.1, 0.15) is 10.8 Å². The lowest BCUT2D eigenvalue weighted by Crippen LogP contribution is -2.15. The minimum absolute atomic E-state index is 0.230. The van der Waals surface area contributed by atoms with Gasteiger partial charge in [0.25, 0.3) is 0 Å². The van der Waals surface area contributed by atoms with E-state index >= 15 is 0 Å². The molecule has 0 spiro atoms. The van der Waals surface area contributed by atoms with E-state index in [0.29, 0.717) is 0 Å². The van der Waals surface area contributed by atoms with Crippen LogP contribution in [0.3, 0.4) is 0 Å². The van der Waals surface area contributed by atoms with Gasteiger partial charge in [-0.1, -0.05) is 0 Å². The van der Waals surface area contributed by atoms with E-state index in [9.17, 15) is 4.39 Å². The zero-order chi connectivity index (χ0) is 13.5. The Hall–Kier alpha value is -1.30. The third kappa shape index (κ3) is 4.38. The molecule has 0 radical (unpaired) electrons. The second-order valence-corrected chi connectivity index (χ2v) is 5.12. The molecule has 0 amide bonds. The van der Waals surface area contributed by atoms with Crippen molar-refractivity contribution in [1.29, 1.82) is 0 Å². The first-order valence-electron chi connectivity index (χ1n) is 6.31. The first-order chi connectivity index (χ1) is 9.29. The molecule has 0 saturated carbocycles. The number of nitrogens with one attached hydrogen (secondary N) is 1. The van der Waals surface area contributed by atoms with Gasteiger partial charge in [-0.05, 0) is 43.7 Å². The lowest BCUT2D eigenvalue weighted by atomic mass is 10.2. The van der Waals surface area contributed by atoms with Crippen LogP contribution >= 0.6 is 11.3 Å². The van der Waals surface area contributed by atoms with Crippen molar-refractivity contribution in [3.63, 3.8) is 0 Å². The van der Waals surface area contributed by atoms with Crippen LogP contribution in [0.4, 0.5) is 4.39 Å². The molecule has 102 valence electrons. The Morgan fingerprint density at radius 3 is 2.74 bits per heavy atom. The average Bonchev–Trinajstić information content (AvgIpc) is 2.88. The molecule has 0 aliphatic rings. The normalized spacial score (nSPS) is 10.8. The highest BCUT2D eigenvalue weighted by atomic mass is 32.1. The van der Waals surface area contributed by atoms with Gasteiger partial charge in [-0.2, -0.15) is 0 Å². The second-order valence-electron chi connectivity index (χ2n) is 4.26. The summed E-state index contributed by atoms with van der Waals surface area (Å²) in [6.45, 7) is 1.85. The maximum atomic E-state index is 12.8. The fourth-order valence-electron chi connectivity index (χ4n) is 1.69. The number of halogens is 1. The molecule has 3 nitrogen and oxygen atoms in total. The second kappa shape index (κ2) is 7.33. The summed E-state index contributed by atoms with van der Waals surface area (Å²) in [5.74, 6) is -0.230. The van der Waals surface area contributed by atoms with E-state index in [1.54, 1.807) is 23.5 Å². The summed E-state index contributed by atoms with van der Waals surface area (Å²) in [6.07, 6.45) is 1.79. The van der Waals surface area contributed by atoms with Crippen molar-refractivity contribution >= 4 is 11.3 Å². The third-order valence-corrected chi connectivity index (χ3v) is 3.65. The minimum Gasteiger partial charge on any atom is -0.396 e. The van der Waals surface area contributed by atoms with Gasteiger partial charge in [-0.3, -0.25) is 0 Å². The molecular formula is C14H17FN2OS. The summed E-state index contributed by atoms with van der Waals surface area (Å²) in [5.41, 5.74) is 1.94. The lowest BCUT2D eigenvalue weighted by molar-refractivity contribution is 0.283. The Morgan fingerprint density at radius 1 is 1.21 bits per heavy atom. The summed E-state index contributed by atoms with van der Waals surface area (Å²) in [5, 5.41) is 14.9. The van der Waals surface area contributed by atoms with Crippen molar-refractivity contribution < 1.29 is 9.50 Å². The summed E-state index contributed by atoms with van der Waals surface area (Å²) < 4.78 is 12.8. The lowest BCUT2D eigenvalue weighted by Gasteiger charge is -2.01. The molecule has 0 bridgehead atoms. The predicted molar refractivity (Wildman–Crippen MR) is 75.5 cm³/mol. The highest BCUT2D eigenvalue weighted by molar-refractivity contribution is 7.13. The Balaban J connectivity index is 1.86. The highest BCUT2D eigenvalue weighted by Crippen LogP contribution is 2.23. The van der Waals surface area contributed by atoms with Crippen molar-refractivity contribution in [2.24, 2.45) is 0 Å². The maximum absolute atomic E-state index is 12.8. The maximum Gasteiger partial charge on any atom is 0.123 e. The van der Waals surface area contributed by atoms with Crippen LogP contribution < -0.4 is 5.32 Å². The molecule has 19 heavy (non-hydrogen) atoms. The van der Waals surface area contributed by atoms with Crippen molar-refractivity contribution in [2.75, 3.05) is 13.2 Å². The van der Waals surface area contributed by atoms with E-state index in [0.717, 1.165) is 42.2 Å². The Labute approximate surface area is 116 Å². The number of hydrogen-bond acceptors (Lipinski definition) is 4.